The second kappa shape index (κ2) is 10.0. The van der Waals surface area contributed by atoms with Crippen molar-refractivity contribution in [3.8, 4) is 0 Å². The number of rotatable bonds is 7. The first-order chi connectivity index (χ1) is 10.9. The molecule has 136 valence electrons. The Morgan fingerprint density at radius 3 is 2.58 bits per heavy atom. The van der Waals surface area contributed by atoms with Gasteiger partial charge in [-0.15, -0.1) is 12.4 Å². The molecule has 0 unspecified atom stereocenters. The highest BCUT2D eigenvalue weighted by molar-refractivity contribution is 7.89. The molecule has 2 rings (SSSR count). The van der Waals surface area contributed by atoms with E-state index in [0.717, 1.165) is 43.5 Å². The van der Waals surface area contributed by atoms with Crippen LogP contribution in [0.4, 0.5) is 0 Å². The predicted molar refractivity (Wildman–Crippen MR) is 98.9 cm³/mol. The number of amides is 1. The van der Waals surface area contributed by atoms with Crippen molar-refractivity contribution in [2.24, 2.45) is 5.92 Å². The maximum atomic E-state index is 12.0. The fourth-order valence-electron chi connectivity index (χ4n) is 2.93. The lowest BCUT2D eigenvalue weighted by Crippen LogP contribution is -2.29. The quantitative estimate of drug-likeness (QED) is 0.765. The summed E-state index contributed by atoms with van der Waals surface area (Å²) in [5, 5.41) is 6.25. The second-order valence-corrected chi connectivity index (χ2v) is 8.54. The van der Waals surface area contributed by atoms with E-state index in [0.29, 0.717) is 18.9 Å². The average Bonchev–Trinajstić information content (AvgIpc) is 2.51. The van der Waals surface area contributed by atoms with E-state index in [1.165, 1.54) is 6.26 Å². The topological polar surface area (TPSA) is 75.3 Å². The molecule has 1 aliphatic heterocycles. The Kier molecular flexibility index (Phi) is 8.73. The van der Waals surface area contributed by atoms with Crippen LogP contribution in [-0.2, 0) is 26.9 Å². The SMILES string of the molecule is CS(=O)(=O)Cc1cccc(CNC(=O)CCC2CCNCC2)c1.Cl. The minimum atomic E-state index is -3.04. The zero-order valence-electron chi connectivity index (χ0n) is 14.1. The molecule has 5 nitrogen and oxygen atoms in total. The molecule has 1 amide bonds. The number of benzene rings is 1. The van der Waals surface area contributed by atoms with Crippen LogP contribution in [0.1, 0.15) is 36.8 Å². The van der Waals surface area contributed by atoms with Crippen molar-refractivity contribution >= 4 is 28.2 Å². The molecule has 7 heteroatoms. The van der Waals surface area contributed by atoms with E-state index in [1.54, 1.807) is 6.07 Å². The number of hydrogen-bond donors (Lipinski definition) is 2. The molecule has 1 fully saturated rings. The maximum absolute atomic E-state index is 12.0. The molecule has 1 aromatic carbocycles. The van der Waals surface area contributed by atoms with E-state index in [2.05, 4.69) is 10.6 Å². The molecule has 0 radical (unpaired) electrons. The summed E-state index contributed by atoms with van der Waals surface area (Å²) in [5.41, 5.74) is 1.69. The third kappa shape index (κ3) is 8.13. The zero-order valence-corrected chi connectivity index (χ0v) is 15.7. The molecule has 0 saturated carbocycles. The molecule has 1 heterocycles. The Labute approximate surface area is 150 Å². The van der Waals surface area contributed by atoms with Gasteiger partial charge in [-0.05, 0) is 49.4 Å². The van der Waals surface area contributed by atoms with Crippen molar-refractivity contribution in [3.05, 3.63) is 35.4 Å². The highest BCUT2D eigenvalue weighted by Gasteiger charge is 2.14. The van der Waals surface area contributed by atoms with E-state index in [-0.39, 0.29) is 24.1 Å². The number of hydrogen-bond acceptors (Lipinski definition) is 4. The van der Waals surface area contributed by atoms with Gasteiger partial charge in [-0.1, -0.05) is 24.3 Å². The second-order valence-electron chi connectivity index (χ2n) is 6.40. The zero-order chi connectivity index (χ0) is 16.7. The Morgan fingerprint density at radius 1 is 1.25 bits per heavy atom. The number of carbonyl (C=O) groups excluding carboxylic acids is 1. The van der Waals surface area contributed by atoms with Crippen molar-refractivity contribution < 1.29 is 13.2 Å². The molecule has 1 aromatic rings. The average molecular weight is 375 g/mol. The highest BCUT2D eigenvalue weighted by atomic mass is 35.5. The first-order valence-electron chi connectivity index (χ1n) is 8.15. The molecule has 0 aliphatic carbocycles. The molecule has 1 saturated heterocycles. The largest absolute Gasteiger partial charge is 0.352 e. The summed E-state index contributed by atoms with van der Waals surface area (Å²) in [7, 11) is -3.04. The molecular weight excluding hydrogens is 348 g/mol. The van der Waals surface area contributed by atoms with Crippen LogP contribution in [0.15, 0.2) is 24.3 Å². The summed E-state index contributed by atoms with van der Waals surface area (Å²) in [6.45, 7) is 2.56. The lowest BCUT2D eigenvalue weighted by molar-refractivity contribution is -0.121. The van der Waals surface area contributed by atoms with Gasteiger partial charge in [-0.3, -0.25) is 4.79 Å². The summed E-state index contributed by atoms with van der Waals surface area (Å²) in [6.07, 6.45) is 5.04. The number of halogens is 1. The van der Waals surface area contributed by atoms with Crippen LogP contribution < -0.4 is 10.6 Å². The van der Waals surface area contributed by atoms with Gasteiger partial charge in [0.2, 0.25) is 5.91 Å². The first kappa shape index (κ1) is 20.9. The van der Waals surface area contributed by atoms with E-state index in [4.69, 9.17) is 0 Å². The lowest BCUT2D eigenvalue weighted by atomic mass is 9.93. The normalized spacial score (nSPS) is 15.5. The summed E-state index contributed by atoms with van der Waals surface area (Å²) in [4.78, 5) is 12.0. The number of piperidine rings is 1. The van der Waals surface area contributed by atoms with Gasteiger partial charge in [0.1, 0.15) is 0 Å². The van der Waals surface area contributed by atoms with Crippen molar-refractivity contribution in [1.82, 2.24) is 10.6 Å². The van der Waals surface area contributed by atoms with E-state index < -0.39 is 9.84 Å². The number of sulfone groups is 1. The van der Waals surface area contributed by atoms with Gasteiger partial charge >= 0.3 is 0 Å². The Balaban J connectivity index is 0.00000288. The van der Waals surface area contributed by atoms with Gasteiger partial charge in [0.15, 0.2) is 9.84 Å². The van der Waals surface area contributed by atoms with Crippen LogP contribution in [0.2, 0.25) is 0 Å². The number of carbonyl (C=O) groups is 1. The predicted octanol–water partition coefficient (Wildman–Crippen LogP) is 2.05. The molecule has 0 spiro atoms. The molecule has 1 aliphatic rings. The monoisotopic (exact) mass is 374 g/mol. The Morgan fingerprint density at radius 2 is 1.92 bits per heavy atom. The van der Waals surface area contributed by atoms with Crippen LogP contribution in [-0.4, -0.2) is 33.7 Å². The molecule has 0 atom stereocenters. The smallest absolute Gasteiger partial charge is 0.220 e. The number of nitrogens with one attached hydrogen (secondary N) is 2. The lowest BCUT2D eigenvalue weighted by Gasteiger charge is -2.22. The fourth-order valence-corrected chi connectivity index (χ4v) is 3.71. The van der Waals surface area contributed by atoms with Crippen molar-refractivity contribution in [1.29, 1.82) is 0 Å². The molecular formula is C17H27ClN2O3S. The first-order valence-corrected chi connectivity index (χ1v) is 10.2. The minimum Gasteiger partial charge on any atom is -0.352 e. The Bertz CT molecular complexity index is 628. The fraction of sp³-hybridized carbons (Fsp3) is 0.588. The van der Waals surface area contributed by atoms with E-state index in [1.807, 2.05) is 18.2 Å². The van der Waals surface area contributed by atoms with E-state index >= 15 is 0 Å². The van der Waals surface area contributed by atoms with Crippen LogP contribution >= 0.6 is 12.4 Å². The molecule has 24 heavy (non-hydrogen) atoms. The van der Waals surface area contributed by atoms with Gasteiger partial charge < -0.3 is 10.6 Å². The van der Waals surface area contributed by atoms with Gasteiger partial charge in [0, 0.05) is 19.2 Å². The van der Waals surface area contributed by atoms with Gasteiger partial charge in [-0.2, -0.15) is 0 Å². The van der Waals surface area contributed by atoms with Gasteiger partial charge in [0.25, 0.3) is 0 Å². The summed E-state index contributed by atoms with van der Waals surface area (Å²) in [6, 6.07) is 7.37. The van der Waals surface area contributed by atoms with Crippen molar-refractivity contribution in [2.75, 3.05) is 19.3 Å². The molecule has 0 aromatic heterocycles. The Hall–Kier alpha value is -1.11. The van der Waals surface area contributed by atoms with Crippen LogP contribution in [0.3, 0.4) is 0 Å². The minimum absolute atomic E-state index is 0. The maximum Gasteiger partial charge on any atom is 0.220 e. The summed E-state index contributed by atoms with van der Waals surface area (Å²) < 4.78 is 22.7. The third-order valence-electron chi connectivity index (χ3n) is 4.15. The molecule has 0 bridgehead atoms. The summed E-state index contributed by atoms with van der Waals surface area (Å²) in [5.74, 6) is 0.752. The third-order valence-corrected chi connectivity index (χ3v) is 5.01. The van der Waals surface area contributed by atoms with Gasteiger partial charge in [0.05, 0.1) is 5.75 Å². The standard InChI is InChI=1S/C17H26N2O3S.ClH/c1-23(21,22)13-16-4-2-3-15(11-16)12-19-17(20)6-5-14-7-9-18-10-8-14;/h2-4,11,14,18H,5-10,12-13H2,1H3,(H,19,20);1H. The van der Waals surface area contributed by atoms with Gasteiger partial charge in [-0.25, -0.2) is 8.42 Å². The van der Waals surface area contributed by atoms with Crippen LogP contribution in [0.5, 0.6) is 0 Å². The molecule has 2 N–H and O–H groups in total. The van der Waals surface area contributed by atoms with Crippen LogP contribution in [0.25, 0.3) is 0 Å². The highest BCUT2D eigenvalue weighted by Crippen LogP contribution is 2.17. The van der Waals surface area contributed by atoms with Crippen molar-refractivity contribution in [2.45, 2.75) is 38.0 Å². The summed E-state index contributed by atoms with van der Waals surface area (Å²) >= 11 is 0. The van der Waals surface area contributed by atoms with Crippen molar-refractivity contribution in [3.63, 3.8) is 0 Å². The van der Waals surface area contributed by atoms with E-state index in [9.17, 15) is 13.2 Å². The van der Waals surface area contributed by atoms with Crippen LogP contribution in [0, 0.1) is 5.92 Å².